The highest BCUT2D eigenvalue weighted by molar-refractivity contribution is 9.10. The van der Waals surface area contributed by atoms with Crippen molar-refractivity contribution < 1.29 is 4.79 Å². The number of amides is 1. The van der Waals surface area contributed by atoms with Crippen LogP contribution >= 0.6 is 27.5 Å². The molecule has 0 spiro atoms. The van der Waals surface area contributed by atoms with Crippen LogP contribution in [0.5, 0.6) is 0 Å². The van der Waals surface area contributed by atoms with E-state index in [1.165, 1.54) is 0 Å². The zero-order chi connectivity index (χ0) is 13.8. The Morgan fingerprint density at radius 1 is 1.44 bits per heavy atom. The van der Waals surface area contributed by atoms with E-state index in [-0.39, 0.29) is 5.91 Å². The normalized spacial score (nSPS) is 11.4. The summed E-state index contributed by atoms with van der Waals surface area (Å²) in [6.07, 6.45) is 0. The van der Waals surface area contributed by atoms with Gasteiger partial charge >= 0.3 is 0 Å². The van der Waals surface area contributed by atoms with E-state index in [1.807, 2.05) is 32.0 Å². The van der Waals surface area contributed by atoms with Crippen LogP contribution in [0, 0.1) is 5.41 Å². The van der Waals surface area contributed by atoms with Gasteiger partial charge in [0.25, 0.3) is 0 Å². The highest BCUT2D eigenvalue weighted by Gasteiger charge is 2.25. The summed E-state index contributed by atoms with van der Waals surface area (Å²) in [7, 11) is 1.65. The number of benzene rings is 1. The Labute approximate surface area is 121 Å². The van der Waals surface area contributed by atoms with Gasteiger partial charge in [-0.3, -0.25) is 4.79 Å². The summed E-state index contributed by atoms with van der Waals surface area (Å²) in [5, 5.41) is 6.65. The number of hydrogen-bond donors (Lipinski definition) is 2. The average Bonchev–Trinajstić information content (AvgIpc) is 2.32. The third-order valence-corrected chi connectivity index (χ3v) is 3.59. The molecule has 0 heterocycles. The fraction of sp³-hybridized carbons (Fsp3) is 0.462. The van der Waals surface area contributed by atoms with Crippen molar-refractivity contribution in [3.63, 3.8) is 0 Å². The Balaban J connectivity index is 2.56. The first-order valence-corrected chi connectivity index (χ1v) is 6.91. The van der Waals surface area contributed by atoms with Crippen LogP contribution in [0.25, 0.3) is 0 Å². The maximum absolute atomic E-state index is 11.6. The monoisotopic (exact) mass is 332 g/mol. The molecule has 0 aliphatic rings. The van der Waals surface area contributed by atoms with Crippen LogP contribution in [0.15, 0.2) is 22.7 Å². The summed E-state index contributed by atoms with van der Waals surface area (Å²) in [4.78, 5) is 11.6. The summed E-state index contributed by atoms with van der Waals surface area (Å²) in [5.74, 6) is 0.0235. The Morgan fingerprint density at radius 2 is 2.11 bits per heavy atom. The predicted molar refractivity (Wildman–Crippen MR) is 78.7 cm³/mol. The molecule has 0 aliphatic carbocycles. The van der Waals surface area contributed by atoms with Crippen molar-refractivity contribution in [3.8, 4) is 0 Å². The molecule has 2 N–H and O–H groups in total. The van der Waals surface area contributed by atoms with Crippen LogP contribution in [-0.4, -0.2) is 19.5 Å². The highest BCUT2D eigenvalue weighted by Crippen LogP contribution is 2.21. The number of nitrogens with one attached hydrogen (secondary N) is 2. The molecule has 1 aromatic carbocycles. The van der Waals surface area contributed by atoms with Crippen LogP contribution in [0.1, 0.15) is 19.4 Å². The first-order chi connectivity index (χ1) is 8.36. The van der Waals surface area contributed by atoms with E-state index < -0.39 is 5.41 Å². The van der Waals surface area contributed by atoms with Crippen molar-refractivity contribution in [1.82, 2.24) is 10.6 Å². The highest BCUT2D eigenvalue weighted by atomic mass is 79.9. The second kappa shape index (κ2) is 6.55. The van der Waals surface area contributed by atoms with E-state index >= 15 is 0 Å². The van der Waals surface area contributed by atoms with Crippen molar-refractivity contribution >= 4 is 33.4 Å². The van der Waals surface area contributed by atoms with Crippen LogP contribution < -0.4 is 10.6 Å². The molecule has 5 heteroatoms. The van der Waals surface area contributed by atoms with Crippen molar-refractivity contribution in [1.29, 1.82) is 0 Å². The topological polar surface area (TPSA) is 41.1 Å². The van der Waals surface area contributed by atoms with Gasteiger partial charge in [0, 0.05) is 29.6 Å². The van der Waals surface area contributed by atoms with Gasteiger partial charge in [-0.05, 0) is 37.6 Å². The van der Waals surface area contributed by atoms with E-state index in [0.717, 1.165) is 15.1 Å². The van der Waals surface area contributed by atoms with E-state index in [4.69, 9.17) is 11.6 Å². The van der Waals surface area contributed by atoms with Gasteiger partial charge in [0.15, 0.2) is 0 Å². The van der Waals surface area contributed by atoms with Gasteiger partial charge in [-0.25, -0.2) is 0 Å². The Bertz CT molecular complexity index is 435. The lowest BCUT2D eigenvalue weighted by Crippen LogP contribution is -2.41. The third kappa shape index (κ3) is 4.26. The zero-order valence-corrected chi connectivity index (χ0v) is 13.2. The number of rotatable bonds is 5. The van der Waals surface area contributed by atoms with E-state index in [9.17, 15) is 4.79 Å². The van der Waals surface area contributed by atoms with Crippen LogP contribution in [0.3, 0.4) is 0 Å². The lowest BCUT2D eigenvalue weighted by atomic mass is 9.92. The molecule has 0 saturated carbocycles. The largest absolute Gasteiger partial charge is 0.359 e. The van der Waals surface area contributed by atoms with Crippen molar-refractivity contribution in [3.05, 3.63) is 33.3 Å². The van der Waals surface area contributed by atoms with Gasteiger partial charge in [-0.1, -0.05) is 27.5 Å². The molecule has 18 heavy (non-hydrogen) atoms. The van der Waals surface area contributed by atoms with Crippen LogP contribution in [0.2, 0.25) is 5.02 Å². The van der Waals surface area contributed by atoms with Crippen LogP contribution in [0.4, 0.5) is 0 Å². The van der Waals surface area contributed by atoms with Gasteiger partial charge in [-0.15, -0.1) is 0 Å². The molecule has 0 atom stereocenters. The second-order valence-corrected chi connectivity index (χ2v) is 6.13. The van der Waals surface area contributed by atoms with Crippen molar-refractivity contribution in [2.75, 3.05) is 13.6 Å². The average molecular weight is 334 g/mol. The molecular weight excluding hydrogens is 316 g/mol. The molecule has 1 amide bonds. The molecular formula is C13H18BrClN2O. The minimum atomic E-state index is -0.437. The van der Waals surface area contributed by atoms with Gasteiger partial charge in [0.2, 0.25) is 5.91 Å². The lowest BCUT2D eigenvalue weighted by Gasteiger charge is -2.23. The van der Waals surface area contributed by atoms with Crippen molar-refractivity contribution in [2.45, 2.75) is 20.4 Å². The molecule has 0 bridgehead atoms. The second-order valence-electron chi connectivity index (χ2n) is 4.80. The molecule has 0 radical (unpaired) electrons. The van der Waals surface area contributed by atoms with Gasteiger partial charge in [0.05, 0.1) is 5.41 Å². The molecule has 0 fully saturated rings. The molecule has 0 aromatic heterocycles. The fourth-order valence-corrected chi connectivity index (χ4v) is 2.20. The van der Waals surface area contributed by atoms with E-state index in [1.54, 1.807) is 7.05 Å². The minimum absolute atomic E-state index is 0.0235. The maximum atomic E-state index is 11.6. The molecule has 100 valence electrons. The SMILES string of the molecule is CNC(=O)C(C)(C)CNCc1cc(Br)ccc1Cl. The predicted octanol–water partition coefficient (Wildman–Crippen LogP) is 2.96. The maximum Gasteiger partial charge on any atom is 0.226 e. The number of carbonyl (C=O) groups excluding carboxylic acids is 1. The van der Waals surface area contributed by atoms with Crippen molar-refractivity contribution in [2.24, 2.45) is 5.41 Å². The summed E-state index contributed by atoms with van der Waals surface area (Å²) in [6.45, 7) is 5.04. The summed E-state index contributed by atoms with van der Waals surface area (Å²) in [6, 6.07) is 5.73. The standard InChI is InChI=1S/C13H18BrClN2O/c1-13(2,12(18)16-3)8-17-7-9-6-10(14)4-5-11(9)15/h4-6,17H,7-8H2,1-3H3,(H,16,18). The number of halogens is 2. The fourth-order valence-electron chi connectivity index (χ4n) is 1.61. The lowest BCUT2D eigenvalue weighted by molar-refractivity contribution is -0.128. The molecule has 0 unspecified atom stereocenters. The minimum Gasteiger partial charge on any atom is -0.359 e. The zero-order valence-electron chi connectivity index (χ0n) is 10.8. The summed E-state index contributed by atoms with van der Waals surface area (Å²) >= 11 is 9.51. The van der Waals surface area contributed by atoms with Gasteiger partial charge in [0.1, 0.15) is 0 Å². The van der Waals surface area contributed by atoms with Crippen LogP contribution in [-0.2, 0) is 11.3 Å². The molecule has 0 saturated heterocycles. The molecule has 1 aromatic rings. The van der Waals surface area contributed by atoms with E-state index in [0.29, 0.717) is 13.1 Å². The first kappa shape index (κ1) is 15.5. The Morgan fingerprint density at radius 3 is 2.72 bits per heavy atom. The molecule has 1 rings (SSSR count). The van der Waals surface area contributed by atoms with E-state index in [2.05, 4.69) is 26.6 Å². The number of carbonyl (C=O) groups is 1. The smallest absolute Gasteiger partial charge is 0.226 e. The first-order valence-electron chi connectivity index (χ1n) is 5.73. The molecule has 0 aliphatic heterocycles. The van der Waals surface area contributed by atoms with Gasteiger partial charge < -0.3 is 10.6 Å². The summed E-state index contributed by atoms with van der Waals surface area (Å²) < 4.78 is 0.995. The summed E-state index contributed by atoms with van der Waals surface area (Å²) in [5.41, 5.74) is 0.575. The molecule has 3 nitrogen and oxygen atoms in total. The quantitative estimate of drug-likeness (QED) is 0.870. The van der Waals surface area contributed by atoms with Gasteiger partial charge in [-0.2, -0.15) is 0 Å². The number of hydrogen-bond acceptors (Lipinski definition) is 2. The third-order valence-electron chi connectivity index (χ3n) is 2.73. The Kier molecular flexibility index (Phi) is 5.63. The Hall–Kier alpha value is -0.580.